The fourth-order valence-corrected chi connectivity index (χ4v) is 6.36. The lowest BCUT2D eigenvalue weighted by Crippen LogP contribution is -2.60. The average Bonchev–Trinajstić information content (AvgIpc) is 3.41. The van der Waals surface area contributed by atoms with Crippen LogP contribution in [0.4, 0.5) is 0 Å². The molecule has 4 amide bonds. The van der Waals surface area contributed by atoms with Crippen LogP contribution in [0, 0.1) is 16.7 Å². The highest BCUT2D eigenvalue weighted by molar-refractivity contribution is 5.97. The van der Waals surface area contributed by atoms with E-state index in [1.54, 1.807) is 23.8 Å². The molecule has 0 saturated carbocycles. The smallest absolute Gasteiger partial charge is 0.249 e. The van der Waals surface area contributed by atoms with Crippen molar-refractivity contribution in [1.82, 2.24) is 25.3 Å². The van der Waals surface area contributed by atoms with E-state index in [0.717, 1.165) is 38.6 Å². The molecule has 2 aliphatic rings. The molecule has 0 aromatic rings. The van der Waals surface area contributed by atoms with E-state index in [0.29, 0.717) is 25.1 Å². The zero-order valence-electron chi connectivity index (χ0n) is 29.9. The molecular weight excluding hydrogens is 554 g/mol. The van der Waals surface area contributed by atoms with E-state index in [2.05, 4.69) is 50.2 Å². The minimum Gasteiger partial charge on any atom is -0.354 e. The number of hydrogen-bond acceptors (Lipinski definition) is 5. The molecule has 2 rings (SSSR count). The van der Waals surface area contributed by atoms with Crippen LogP contribution in [-0.2, 0) is 19.2 Å². The zero-order valence-corrected chi connectivity index (χ0v) is 29.9. The Labute approximate surface area is 267 Å². The van der Waals surface area contributed by atoms with Crippen LogP contribution in [0.2, 0.25) is 0 Å². The first-order valence-corrected chi connectivity index (χ1v) is 16.9. The van der Waals surface area contributed by atoms with Crippen molar-refractivity contribution in [2.75, 3.05) is 26.7 Å². The van der Waals surface area contributed by atoms with Crippen molar-refractivity contribution >= 4 is 23.6 Å². The van der Waals surface area contributed by atoms with Gasteiger partial charge in [-0.3, -0.25) is 24.1 Å². The molecule has 0 unspecified atom stereocenters. The van der Waals surface area contributed by atoms with Crippen molar-refractivity contribution in [2.24, 2.45) is 16.7 Å². The van der Waals surface area contributed by atoms with E-state index in [1.165, 1.54) is 0 Å². The molecule has 0 aromatic carbocycles. The van der Waals surface area contributed by atoms with Gasteiger partial charge in [0.25, 0.3) is 0 Å². The fraction of sp³-hybridized carbons (Fsp3) is 0.829. The number of nitrogens with one attached hydrogen (secondary N) is 2. The first-order chi connectivity index (χ1) is 20.3. The molecule has 0 aromatic heterocycles. The largest absolute Gasteiger partial charge is 0.354 e. The summed E-state index contributed by atoms with van der Waals surface area (Å²) in [6, 6.07) is -1.56. The van der Waals surface area contributed by atoms with Crippen molar-refractivity contribution in [1.29, 1.82) is 0 Å². The summed E-state index contributed by atoms with van der Waals surface area (Å²) < 4.78 is 0. The molecule has 252 valence electrons. The SMILES string of the molecule is CC(=C[C@H](C(C)C)N(C)C(=O)[C@@H](NC(=O)[C@H]1CCCCN1C(C)C)C(C)(C)C)C(=O)N1CCC[C@H]1C(=O)NCCC(C)(C)C. The third-order valence-corrected chi connectivity index (χ3v) is 9.14. The van der Waals surface area contributed by atoms with Crippen molar-refractivity contribution in [2.45, 2.75) is 145 Å². The molecule has 0 spiro atoms. The van der Waals surface area contributed by atoms with E-state index in [4.69, 9.17) is 0 Å². The normalized spacial score (nSPS) is 21.8. The van der Waals surface area contributed by atoms with Gasteiger partial charge >= 0.3 is 0 Å². The van der Waals surface area contributed by atoms with Crippen molar-refractivity contribution in [3.63, 3.8) is 0 Å². The van der Waals surface area contributed by atoms with Crippen molar-refractivity contribution in [3.8, 4) is 0 Å². The number of likely N-dealkylation sites (tertiary alicyclic amines) is 2. The highest BCUT2D eigenvalue weighted by Crippen LogP contribution is 2.27. The fourth-order valence-electron chi connectivity index (χ4n) is 6.36. The van der Waals surface area contributed by atoms with Gasteiger partial charge < -0.3 is 20.4 Å². The molecule has 0 bridgehead atoms. The van der Waals surface area contributed by atoms with E-state index < -0.39 is 17.5 Å². The van der Waals surface area contributed by atoms with Crippen LogP contribution in [0.5, 0.6) is 0 Å². The van der Waals surface area contributed by atoms with Gasteiger partial charge in [0, 0.05) is 31.8 Å². The maximum Gasteiger partial charge on any atom is 0.249 e. The second kappa shape index (κ2) is 15.7. The number of amides is 4. The zero-order chi connectivity index (χ0) is 33.6. The van der Waals surface area contributed by atoms with Crippen molar-refractivity contribution < 1.29 is 19.2 Å². The summed E-state index contributed by atoms with van der Waals surface area (Å²) in [4.78, 5) is 60.0. The predicted octanol–water partition coefficient (Wildman–Crippen LogP) is 4.75. The van der Waals surface area contributed by atoms with Gasteiger partial charge in [-0.1, -0.05) is 67.9 Å². The van der Waals surface area contributed by atoms with Gasteiger partial charge in [0.2, 0.25) is 23.6 Å². The number of rotatable bonds is 11. The van der Waals surface area contributed by atoms with Crippen molar-refractivity contribution in [3.05, 3.63) is 11.6 Å². The molecule has 2 heterocycles. The van der Waals surface area contributed by atoms with Crippen LogP contribution < -0.4 is 10.6 Å². The highest BCUT2D eigenvalue weighted by atomic mass is 16.2. The first-order valence-electron chi connectivity index (χ1n) is 16.9. The van der Waals surface area contributed by atoms with Crippen LogP contribution >= 0.6 is 0 Å². The quantitative estimate of drug-likeness (QED) is 0.326. The third kappa shape index (κ3) is 10.3. The summed E-state index contributed by atoms with van der Waals surface area (Å²) in [6.07, 6.45) is 7.02. The average molecular weight is 618 g/mol. The summed E-state index contributed by atoms with van der Waals surface area (Å²) in [7, 11) is 1.76. The van der Waals surface area contributed by atoms with E-state index in [-0.39, 0.29) is 53.1 Å². The molecule has 2 fully saturated rings. The number of nitrogens with zero attached hydrogens (tertiary/aromatic N) is 3. The molecular formula is C35H63N5O4. The Morgan fingerprint density at radius 2 is 1.50 bits per heavy atom. The van der Waals surface area contributed by atoms with Crippen LogP contribution in [0.25, 0.3) is 0 Å². The van der Waals surface area contributed by atoms with E-state index in [1.807, 2.05) is 40.7 Å². The maximum absolute atomic E-state index is 14.1. The third-order valence-electron chi connectivity index (χ3n) is 9.14. The van der Waals surface area contributed by atoms with Gasteiger partial charge in [0.1, 0.15) is 12.1 Å². The summed E-state index contributed by atoms with van der Waals surface area (Å²) >= 11 is 0. The molecule has 4 atom stereocenters. The second-order valence-corrected chi connectivity index (χ2v) is 15.9. The van der Waals surface area contributed by atoms with Crippen LogP contribution in [0.3, 0.4) is 0 Å². The van der Waals surface area contributed by atoms with Crippen LogP contribution in [0.1, 0.15) is 115 Å². The maximum atomic E-state index is 14.1. The molecule has 44 heavy (non-hydrogen) atoms. The molecule has 0 radical (unpaired) electrons. The predicted molar refractivity (Wildman–Crippen MR) is 178 cm³/mol. The standard InChI is InChI=1S/C35H63N5O4/c1-23(2)28(22-25(5)32(43)40-21-15-17-26(40)30(41)36-19-18-34(6,7)8)38(12)33(44)29(35(9,10)11)37-31(42)27-16-13-14-20-39(27)24(3)4/h22-24,26-29H,13-21H2,1-12H3,(H,36,41)(H,37,42)/t26-,27+,28+,29+/m0/s1. The van der Waals surface area contributed by atoms with E-state index in [9.17, 15) is 19.2 Å². The molecule has 9 heteroatoms. The number of carbonyl (C=O) groups is 4. The summed E-state index contributed by atoms with van der Waals surface area (Å²) in [6.45, 7) is 24.4. The minimum absolute atomic E-state index is 0.0212. The summed E-state index contributed by atoms with van der Waals surface area (Å²) in [5.74, 6) is -0.517. The Bertz CT molecular complexity index is 1040. The van der Waals surface area contributed by atoms with Crippen LogP contribution in [0.15, 0.2) is 11.6 Å². The Balaban J connectivity index is 2.22. The minimum atomic E-state index is -0.721. The number of carbonyl (C=O) groups excluding carboxylic acids is 4. The summed E-state index contributed by atoms with van der Waals surface area (Å²) in [5, 5.41) is 6.17. The molecule has 2 N–H and O–H groups in total. The number of piperidine rings is 1. The van der Waals surface area contributed by atoms with Gasteiger partial charge in [0.15, 0.2) is 0 Å². The van der Waals surface area contributed by atoms with Gasteiger partial charge in [-0.15, -0.1) is 0 Å². The Hall–Kier alpha value is -2.42. The number of hydrogen-bond donors (Lipinski definition) is 2. The lowest BCUT2D eigenvalue weighted by atomic mass is 9.84. The Morgan fingerprint density at radius 1 is 0.886 bits per heavy atom. The highest BCUT2D eigenvalue weighted by Gasteiger charge is 2.40. The topological polar surface area (TPSA) is 102 Å². The van der Waals surface area contributed by atoms with Gasteiger partial charge in [-0.05, 0) is 76.2 Å². The van der Waals surface area contributed by atoms with Gasteiger partial charge in [-0.2, -0.15) is 0 Å². The Morgan fingerprint density at radius 3 is 2.05 bits per heavy atom. The number of likely N-dealkylation sites (N-methyl/N-ethyl adjacent to an activating group) is 1. The summed E-state index contributed by atoms with van der Waals surface area (Å²) in [5.41, 5.74) is 0.118. The lowest BCUT2D eigenvalue weighted by molar-refractivity contribution is -0.142. The molecule has 2 saturated heterocycles. The van der Waals surface area contributed by atoms with Gasteiger partial charge in [-0.25, -0.2) is 0 Å². The van der Waals surface area contributed by atoms with Crippen LogP contribution in [-0.4, -0.2) is 95.2 Å². The lowest BCUT2D eigenvalue weighted by Gasteiger charge is -2.41. The molecule has 9 nitrogen and oxygen atoms in total. The Kier molecular flexibility index (Phi) is 13.5. The van der Waals surface area contributed by atoms with Gasteiger partial charge in [0.05, 0.1) is 12.1 Å². The second-order valence-electron chi connectivity index (χ2n) is 15.9. The molecule has 0 aliphatic carbocycles. The first kappa shape index (κ1) is 37.8. The molecule has 2 aliphatic heterocycles. The monoisotopic (exact) mass is 617 g/mol. The van der Waals surface area contributed by atoms with E-state index >= 15 is 0 Å².